The molecule has 3 nitrogen and oxygen atoms in total. The molecule has 0 saturated carbocycles. The summed E-state index contributed by atoms with van der Waals surface area (Å²) < 4.78 is 0. The molecule has 0 fully saturated rings. The van der Waals surface area contributed by atoms with Gasteiger partial charge >= 0.3 is 0 Å². The third kappa shape index (κ3) is 8.79. The van der Waals surface area contributed by atoms with Crippen LogP contribution >= 0.6 is 0 Å². The van der Waals surface area contributed by atoms with Crippen molar-refractivity contribution in [2.24, 2.45) is 0 Å². The Balaban J connectivity index is 0.000000631. The van der Waals surface area contributed by atoms with Crippen LogP contribution in [0.4, 0.5) is 0 Å². The topological polar surface area (TPSA) is 57.5 Å². The minimum absolute atomic E-state index is 0.622. The molecule has 0 radical (unpaired) electrons. The van der Waals surface area contributed by atoms with Gasteiger partial charge in [-0.25, -0.2) is 0 Å². The molecule has 18 heavy (non-hydrogen) atoms. The minimum Gasteiger partial charge on any atom is -0.481 e. The number of allylic oxidation sites excluding steroid dienone is 1. The molecule has 1 aromatic carbocycles. The molecule has 0 aromatic heterocycles. The lowest BCUT2D eigenvalue weighted by Gasteiger charge is -2.03. The van der Waals surface area contributed by atoms with Crippen molar-refractivity contribution < 1.29 is 15.0 Å². The molecule has 0 aliphatic carbocycles. The Kier molecular flexibility index (Phi) is 8.37. The first-order valence-electron chi connectivity index (χ1n) is 5.13. The molecule has 0 aliphatic heterocycles. The molecule has 2 N–H and O–H groups in total. The van der Waals surface area contributed by atoms with Crippen molar-refractivity contribution in [1.29, 1.82) is 0 Å². The molecule has 0 heterocycles. The first kappa shape index (κ1) is 15.5. The number of carbonyl (C=O) groups is 1. The Labute approximate surface area is 107 Å². The van der Waals surface area contributed by atoms with E-state index in [4.69, 9.17) is 16.3 Å². The van der Waals surface area contributed by atoms with Crippen molar-refractivity contribution in [3.05, 3.63) is 48.0 Å². The van der Waals surface area contributed by atoms with Gasteiger partial charge in [-0.2, -0.15) is 0 Å². The van der Waals surface area contributed by atoms with Crippen LogP contribution < -0.4 is 0 Å². The van der Waals surface area contributed by atoms with Crippen molar-refractivity contribution in [2.45, 2.75) is 13.0 Å². The van der Waals surface area contributed by atoms with Crippen LogP contribution in [0.2, 0.25) is 0 Å². The Bertz CT molecular complexity index is 480. The highest BCUT2D eigenvalue weighted by atomic mass is 16.4. The van der Waals surface area contributed by atoms with Crippen LogP contribution in [0.5, 0.6) is 0 Å². The number of hydrogen-bond donors (Lipinski definition) is 2. The summed E-state index contributed by atoms with van der Waals surface area (Å²) in [5.74, 6) is 6.40. The average molecular weight is 242 g/mol. The molecule has 0 aliphatic rings. The highest BCUT2D eigenvalue weighted by Gasteiger charge is 1.99. The van der Waals surface area contributed by atoms with Crippen LogP contribution in [0.1, 0.15) is 18.6 Å². The summed E-state index contributed by atoms with van der Waals surface area (Å²) in [5.41, 5.74) is 0.839. The van der Waals surface area contributed by atoms with Gasteiger partial charge in [-0.1, -0.05) is 36.3 Å². The van der Waals surface area contributed by atoms with Crippen LogP contribution in [-0.2, 0) is 4.79 Å². The van der Waals surface area contributed by atoms with E-state index in [-0.39, 0.29) is 0 Å². The summed E-state index contributed by atoms with van der Waals surface area (Å²) in [6.45, 7) is 1.08. The molecule has 0 saturated heterocycles. The highest BCUT2D eigenvalue weighted by molar-refractivity contribution is 5.62. The average Bonchev–Trinajstić information content (AvgIpc) is 2.35. The fraction of sp³-hybridized carbons (Fsp3) is 0.133. The van der Waals surface area contributed by atoms with Crippen molar-refractivity contribution in [2.75, 3.05) is 0 Å². The molecular formula is C15H14O3. The lowest BCUT2D eigenvalue weighted by molar-refractivity contribution is -0.134. The van der Waals surface area contributed by atoms with E-state index in [2.05, 4.69) is 17.8 Å². The second kappa shape index (κ2) is 9.72. The van der Waals surface area contributed by atoms with Crippen molar-refractivity contribution >= 4 is 5.97 Å². The second-order valence-corrected chi connectivity index (χ2v) is 3.15. The van der Waals surface area contributed by atoms with Gasteiger partial charge in [-0.3, -0.25) is 4.79 Å². The fourth-order valence-corrected chi connectivity index (χ4v) is 0.984. The van der Waals surface area contributed by atoms with Gasteiger partial charge in [-0.05, 0) is 29.6 Å². The van der Waals surface area contributed by atoms with Crippen molar-refractivity contribution in [1.82, 2.24) is 0 Å². The Morgan fingerprint density at radius 2 is 1.94 bits per heavy atom. The van der Waals surface area contributed by atoms with Crippen LogP contribution in [0, 0.1) is 24.2 Å². The molecular weight excluding hydrogens is 228 g/mol. The first-order valence-corrected chi connectivity index (χ1v) is 5.13. The van der Waals surface area contributed by atoms with Gasteiger partial charge in [0.25, 0.3) is 5.97 Å². The van der Waals surface area contributed by atoms with E-state index >= 15 is 0 Å². The Morgan fingerprint density at radius 3 is 2.44 bits per heavy atom. The summed E-state index contributed by atoms with van der Waals surface area (Å²) >= 11 is 0. The molecule has 1 atom stereocenters. The zero-order chi connectivity index (χ0) is 13.8. The van der Waals surface area contributed by atoms with Gasteiger partial charge in [0.05, 0.1) is 6.10 Å². The van der Waals surface area contributed by atoms with E-state index in [0.29, 0.717) is 0 Å². The Morgan fingerprint density at radius 1 is 1.39 bits per heavy atom. The van der Waals surface area contributed by atoms with Gasteiger partial charge in [0.1, 0.15) is 0 Å². The summed E-state index contributed by atoms with van der Waals surface area (Å²) in [7, 11) is 0. The van der Waals surface area contributed by atoms with Crippen molar-refractivity contribution in [3.8, 4) is 24.2 Å². The number of rotatable bonds is 2. The van der Waals surface area contributed by atoms with Gasteiger partial charge < -0.3 is 10.2 Å². The summed E-state index contributed by atoms with van der Waals surface area (Å²) in [6.07, 6.45) is 7.46. The predicted octanol–water partition coefficient (Wildman–Crippen LogP) is 2.00. The molecule has 1 aromatic rings. The summed E-state index contributed by atoms with van der Waals surface area (Å²) in [5, 5.41) is 17.0. The van der Waals surface area contributed by atoms with Gasteiger partial charge in [0.15, 0.2) is 0 Å². The van der Waals surface area contributed by atoms with E-state index in [1.54, 1.807) is 12.2 Å². The molecule has 1 rings (SSSR count). The fourth-order valence-electron chi connectivity index (χ4n) is 0.984. The molecule has 0 bridgehead atoms. The van der Waals surface area contributed by atoms with E-state index in [0.717, 1.165) is 12.5 Å². The second-order valence-electron chi connectivity index (χ2n) is 3.15. The van der Waals surface area contributed by atoms with Gasteiger partial charge in [0, 0.05) is 6.92 Å². The third-order valence-electron chi connectivity index (χ3n) is 1.65. The third-order valence-corrected chi connectivity index (χ3v) is 1.65. The van der Waals surface area contributed by atoms with Crippen molar-refractivity contribution in [3.63, 3.8) is 0 Å². The number of aliphatic hydroxyl groups is 1. The van der Waals surface area contributed by atoms with E-state index in [1.807, 2.05) is 30.3 Å². The molecule has 1 unspecified atom stereocenters. The summed E-state index contributed by atoms with van der Waals surface area (Å²) in [6, 6.07) is 9.35. The quantitative estimate of drug-likeness (QED) is 0.780. The number of aliphatic carboxylic acids is 1. The smallest absolute Gasteiger partial charge is 0.300 e. The first-order chi connectivity index (χ1) is 8.57. The van der Waals surface area contributed by atoms with Gasteiger partial charge in [0.2, 0.25) is 0 Å². The Hall–Kier alpha value is -2.49. The standard InChI is InChI=1S/C13H10O.C2H4O2/c1-2-3-4-8-11-13(14)12-9-6-5-7-10-12;1-2(3)4/h1,5-11,13-14H;1H3,(H,3,4). The van der Waals surface area contributed by atoms with E-state index in [9.17, 15) is 5.11 Å². The highest BCUT2D eigenvalue weighted by Crippen LogP contribution is 2.12. The normalized spacial score (nSPS) is 10.3. The minimum atomic E-state index is -0.833. The largest absolute Gasteiger partial charge is 0.481 e. The summed E-state index contributed by atoms with van der Waals surface area (Å²) in [4.78, 5) is 9.00. The number of carboxylic acid groups (broad SMARTS) is 1. The van der Waals surface area contributed by atoms with E-state index in [1.165, 1.54) is 0 Å². The maximum Gasteiger partial charge on any atom is 0.300 e. The maximum atomic E-state index is 9.61. The lowest BCUT2D eigenvalue weighted by Crippen LogP contribution is -1.91. The number of carboxylic acids is 1. The van der Waals surface area contributed by atoms with E-state index < -0.39 is 12.1 Å². The van der Waals surface area contributed by atoms with Crippen LogP contribution in [0.15, 0.2) is 42.5 Å². The van der Waals surface area contributed by atoms with Crippen LogP contribution in [0.3, 0.4) is 0 Å². The predicted molar refractivity (Wildman–Crippen MR) is 70.5 cm³/mol. The molecule has 92 valence electrons. The van der Waals surface area contributed by atoms with Crippen LogP contribution in [0.25, 0.3) is 0 Å². The maximum absolute atomic E-state index is 9.61. The monoisotopic (exact) mass is 242 g/mol. The molecule has 0 amide bonds. The van der Waals surface area contributed by atoms with Crippen LogP contribution in [-0.4, -0.2) is 16.2 Å². The SMILES string of the molecule is C#CC#CC=CC(O)c1ccccc1.CC(=O)O. The molecule has 0 spiro atoms. The zero-order valence-corrected chi connectivity index (χ0v) is 10.00. The number of benzene rings is 1. The zero-order valence-electron chi connectivity index (χ0n) is 10.00. The number of hydrogen-bond acceptors (Lipinski definition) is 2. The van der Waals surface area contributed by atoms with Gasteiger partial charge in [-0.15, -0.1) is 6.42 Å². The lowest BCUT2D eigenvalue weighted by atomic mass is 10.1. The number of aliphatic hydroxyl groups excluding tert-OH is 1. The number of terminal acetylenes is 1. The molecule has 3 heteroatoms.